The van der Waals surface area contributed by atoms with E-state index in [0.717, 1.165) is 25.7 Å². The highest BCUT2D eigenvalue weighted by Crippen LogP contribution is 2.28. The number of H-pyrrole nitrogens is 1. The van der Waals surface area contributed by atoms with Crippen LogP contribution in [0.2, 0.25) is 0 Å². The Kier molecular flexibility index (Phi) is 14.4. The van der Waals surface area contributed by atoms with Gasteiger partial charge in [-0.25, -0.2) is 13.8 Å². The molecule has 1 aliphatic heterocycles. The number of pyridine rings is 1. The molecular weight excluding hydrogens is 452 g/mol. The smallest absolute Gasteiger partial charge is 0.201 e. The van der Waals surface area contributed by atoms with Crippen LogP contribution in [0.5, 0.6) is 5.75 Å². The molecular formula is C27H39F2N3O3. The molecule has 8 heteroatoms. The number of hydrogen-bond donors (Lipinski definition) is 1. The minimum atomic E-state index is -0.986. The van der Waals surface area contributed by atoms with Gasteiger partial charge in [-0.1, -0.05) is 41.5 Å². The third-order valence-corrected chi connectivity index (χ3v) is 4.96. The number of ketones is 1. The van der Waals surface area contributed by atoms with Crippen LogP contribution in [-0.2, 0) is 4.74 Å². The van der Waals surface area contributed by atoms with Gasteiger partial charge in [-0.15, -0.1) is 0 Å². The first-order chi connectivity index (χ1) is 17.1. The lowest BCUT2D eigenvalue weighted by Gasteiger charge is -2.26. The van der Waals surface area contributed by atoms with Gasteiger partial charge in [0.15, 0.2) is 11.6 Å². The molecule has 2 aromatic heterocycles. The first kappa shape index (κ1) is 30.2. The first-order valence-corrected chi connectivity index (χ1v) is 12.5. The number of fused-ring (bicyclic) bond motifs is 1. The lowest BCUT2D eigenvalue weighted by Crippen LogP contribution is -2.37. The van der Waals surface area contributed by atoms with E-state index in [2.05, 4.69) is 14.9 Å². The van der Waals surface area contributed by atoms with Gasteiger partial charge in [0.1, 0.15) is 11.5 Å². The zero-order valence-corrected chi connectivity index (χ0v) is 21.8. The number of morpholine rings is 1. The molecule has 1 saturated heterocycles. The summed E-state index contributed by atoms with van der Waals surface area (Å²) >= 11 is 0. The minimum absolute atomic E-state index is 0.130. The molecule has 0 saturated carbocycles. The topological polar surface area (TPSA) is 67.4 Å². The molecule has 6 nitrogen and oxygen atoms in total. The van der Waals surface area contributed by atoms with Crippen molar-refractivity contribution in [2.75, 3.05) is 39.5 Å². The van der Waals surface area contributed by atoms with Crippen LogP contribution >= 0.6 is 0 Å². The number of carbonyl (C=O) groups excluding carboxylic acids is 1. The predicted molar refractivity (Wildman–Crippen MR) is 137 cm³/mol. The Bertz CT molecular complexity index is 1020. The van der Waals surface area contributed by atoms with E-state index in [0.29, 0.717) is 30.7 Å². The SMILES string of the molecule is CC.CC.CC.O=C(c1c(F)ccc(OCCCN2CCOCC2)c1F)c1c[nH]c2ncccc12. The van der Waals surface area contributed by atoms with Gasteiger partial charge in [0, 0.05) is 43.0 Å². The number of carbonyl (C=O) groups is 1. The number of hydrogen-bond acceptors (Lipinski definition) is 5. The molecule has 1 fully saturated rings. The number of rotatable bonds is 7. The number of nitrogens with one attached hydrogen (secondary N) is 1. The second-order valence-electron chi connectivity index (χ2n) is 6.82. The van der Waals surface area contributed by atoms with Crippen molar-refractivity contribution in [3.63, 3.8) is 0 Å². The highest BCUT2D eigenvalue weighted by atomic mass is 19.1. The van der Waals surface area contributed by atoms with Gasteiger partial charge in [-0.05, 0) is 30.7 Å². The first-order valence-electron chi connectivity index (χ1n) is 12.5. The van der Waals surface area contributed by atoms with Gasteiger partial charge < -0.3 is 14.5 Å². The summed E-state index contributed by atoms with van der Waals surface area (Å²) in [4.78, 5) is 22.0. The van der Waals surface area contributed by atoms with E-state index in [1.807, 2.05) is 41.5 Å². The quantitative estimate of drug-likeness (QED) is 0.312. The predicted octanol–water partition coefficient (Wildman–Crippen LogP) is 6.25. The van der Waals surface area contributed by atoms with Gasteiger partial charge in [0.2, 0.25) is 5.78 Å². The third kappa shape index (κ3) is 8.11. The van der Waals surface area contributed by atoms with E-state index < -0.39 is 23.0 Å². The van der Waals surface area contributed by atoms with Crippen molar-refractivity contribution in [2.24, 2.45) is 0 Å². The lowest BCUT2D eigenvalue weighted by atomic mass is 10.0. The summed E-state index contributed by atoms with van der Waals surface area (Å²) in [5.74, 6) is -2.79. The van der Waals surface area contributed by atoms with E-state index >= 15 is 0 Å². The van der Waals surface area contributed by atoms with Gasteiger partial charge in [0.05, 0.1) is 25.4 Å². The van der Waals surface area contributed by atoms with Crippen LogP contribution < -0.4 is 4.74 Å². The molecule has 0 spiro atoms. The highest BCUT2D eigenvalue weighted by molar-refractivity contribution is 6.16. The Morgan fingerprint density at radius 1 is 1.09 bits per heavy atom. The van der Waals surface area contributed by atoms with Crippen LogP contribution in [-0.4, -0.2) is 60.1 Å². The maximum Gasteiger partial charge on any atom is 0.201 e. The van der Waals surface area contributed by atoms with E-state index in [4.69, 9.17) is 9.47 Å². The molecule has 1 aromatic carbocycles. The molecule has 0 unspecified atom stereocenters. The van der Waals surface area contributed by atoms with Crippen LogP contribution in [0.3, 0.4) is 0 Å². The van der Waals surface area contributed by atoms with E-state index in [-0.39, 0.29) is 17.9 Å². The third-order valence-electron chi connectivity index (χ3n) is 4.96. The van der Waals surface area contributed by atoms with Crippen LogP contribution in [0, 0.1) is 11.6 Å². The maximum absolute atomic E-state index is 14.9. The number of aromatic nitrogens is 2. The van der Waals surface area contributed by atoms with Crippen molar-refractivity contribution in [1.29, 1.82) is 0 Å². The van der Waals surface area contributed by atoms with Crippen LogP contribution in [0.4, 0.5) is 8.78 Å². The fourth-order valence-corrected chi connectivity index (χ4v) is 3.43. The van der Waals surface area contributed by atoms with Gasteiger partial charge >= 0.3 is 0 Å². The zero-order chi connectivity index (χ0) is 26.2. The number of aromatic amines is 1. The minimum Gasteiger partial charge on any atom is -0.490 e. The summed E-state index contributed by atoms with van der Waals surface area (Å²) in [7, 11) is 0. The summed E-state index contributed by atoms with van der Waals surface area (Å²) in [6.07, 6.45) is 3.67. The average molecular weight is 492 g/mol. The number of ether oxygens (including phenoxy) is 2. The standard InChI is InChI=1S/C21H21F2N3O3.3C2H6/c22-16-4-5-17(29-10-2-7-26-8-11-28-12-9-26)19(23)18(16)20(27)15-13-25-21-14(15)3-1-6-24-21;3*1-2/h1,3-6,13H,2,7-12H2,(H,24,25);3*1-2H3. The molecule has 0 bridgehead atoms. The number of benzene rings is 1. The summed E-state index contributed by atoms with van der Waals surface area (Å²) < 4.78 is 40.1. The van der Waals surface area contributed by atoms with Crippen LogP contribution in [0.1, 0.15) is 63.9 Å². The molecule has 0 radical (unpaired) electrons. The average Bonchev–Trinajstić information content (AvgIpc) is 3.36. The molecule has 3 aromatic rings. The maximum atomic E-state index is 14.9. The molecule has 0 aliphatic carbocycles. The molecule has 3 heterocycles. The fraction of sp³-hybridized carbons (Fsp3) is 0.481. The molecule has 0 amide bonds. The Morgan fingerprint density at radius 3 is 2.46 bits per heavy atom. The Balaban J connectivity index is 0.000000949. The van der Waals surface area contributed by atoms with Crippen LogP contribution in [0.15, 0.2) is 36.7 Å². The normalized spacial score (nSPS) is 12.9. The van der Waals surface area contributed by atoms with Gasteiger partial charge in [-0.2, -0.15) is 0 Å². The van der Waals surface area contributed by atoms with Crippen molar-refractivity contribution in [3.05, 3.63) is 59.4 Å². The van der Waals surface area contributed by atoms with Gasteiger partial charge in [-0.3, -0.25) is 9.69 Å². The Labute approximate surface area is 207 Å². The van der Waals surface area contributed by atoms with E-state index in [1.165, 1.54) is 12.3 Å². The van der Waals surface area contributed by atoms with Crippen molar-refractivity contribution in [2.45, 2.75) is 48.0 Å². The molecule has 0 atom stereocenters. The van der Waals surface area contributed by atoms with Crippen LogP contribution in [0.25, 0.3) is 11.0 Å². The van der Waals surface area contributed by atoms with Crippen molar-refractivity contribution in [1.82, 2.24) is 14.9 Å². The number of nitrogens with zero attached hydrogens (tertiary/aromatic N) is 2. The molecule has 4 rings (SSSR count). The summed E-state index contributed by atoms with van der Waals surface area (Å²) in [6.45, 7) is 16.2. The van der Waals surface area contributed by atoms with Crippen molar-refractivity contribution in [3.8, 4) is 5.75 Å². The molecule has 35 heavy (non-hydrogen) atoms. The second-order valence-corrected chi connectivity index (χ2v) is 6.82. The zero-order valence-electron chi connectivity index (χ0n) is 21.8. The monoisotopic (exact) mass is 491 g/mol. The summed E-state index contributed by atoms with van der Waals surface area (Å²) in [5, 5.41) is 0.508. The Morgan fingerprint density at radius 2 is 1.77 bits per heavy atom. The highest BCUT2D eigenvalue weighted by Gasteiger charge is 2.25. The lowest BCUT2D eigenvalue weighted by molar-refractivity contribution is 0.0357. The largest absolute Gasteiger partial charge is 0.490 e. The fourth-order valence-electron chi connectivity index (χ4n) is 3.43. The molecule has 194 valence electrons. The molecule has 1 N–H and O–H groups in total. The van der Waals surface area contributed by atoms with E-state index in [9.17, 15) is 13.6 Å². The summed E-state index contributed by atoms with van der Waals surface area (Å²) in [5.41, 5.74) is 0.0167. The van der Waals surface area contributed by atoms with Gasteiger partial charge in [0.25, 0.3) is 0 Å². The second kappa shape index (κ2) is 16.7. The summed E-state index contributed by atoms with van der Waals surface area (Å²) in [6, 6.07) is 5.61. The molecule has 1 aliphatic rings. The van der Waals surface area contributed by atoms with Crippen molar-refractivity contribution < 1.29 is 23.0 Å². The Hall–Kier alpha value is -2.84. The number of halogens is 2. The van der Waals surface area contributed by atoms with E-state index in [1.54, 1.807) is 18.3 Å². The van der Waals surface area contributed by atoms with Crippen molar-refractivity contribution >= 4 is 16.8 Å².